The Morgan fingerprint density at radius 1 is 1.36 bits per heavy atom. The average molecular weight is 196 g/mol. The van der Waals surface area contributed by atoms with Crippen molar-refractivity contribution >= 4 is 0 Å². The van der Waals surface area contributed by atoms with Crippen LogP contribution in [-0.4, -0.2) is 13.7 Å². The zero-order chi connectivity index (χ0) is 11.0. The molecule has 0 aliphatic carbocycles. The summed E-state index contributed by atoms with van der Waals surface area (Å²) in [6.07, 6.45) is 6.79. The quantitative estimate of drug-likeness (QED) is 0.461. The van der Waals surface area contributed by atoms with Crippen LogP contribution < -0.4 is 0 Å². The minimum atomic E-state index is 0.654. The molecule has 0 aliphatic heterocycles. The Morgan fingerprint density at radius 2 is 2.00 bits per heavy atom. The van der Waals surface area contributed by atoms with Crippen LogP contribution >= 0.6 is 0 Å². The fraction of sp³-hybridized carbons (Fsp3) is 0.692. The molecule has 14 heavy (non-hydrogen) atoms. The summed E-state index contributed by atoms with van der Waals surface area (Å²) in [5.74, 6) is 0.654. The highest BCUT2D eigenvalue weighted by atomic mass is 16.5. The molecule has 0 saturated heterocycles. The molecule has 1 heteroatoms. The van der Waals surface area contributed by atoms with Gasteiger partial charge in [-0.3, -0.25) is 0 Å². The van der Waals surface area contributed by atoms with Gasteiger partial charge in [-0.05, 0) is 38.2 Å². The number of hydrogen-bond acceptors (Lipinski definition) is 1. The predicted octanol–water partition coefficient (Wildman–Crippen LogP) is 3.96. The van der Waals surface area contributed by atoms with Crippen molar-refractivity contribution in [3.05, 3.63) is 23.3 Å². The monoisotopic (exact) mass is 196 g/mol. The molecule has 0 aliphatic rings. The second kappa shape index (κ2) is 7.81. The van der Waals surface area contributed by atoms with Crippen molar-refractivity contribution in [2.75, 3.05) is 13.7 Å². The maximum absolute atomic E-state index is 5.05. The van der Waals surface area contributed by atoms with E-state index >= 15 is 0 Å². The van der Waals surface area contributed by atoms with Gasteiger partial charge in [0.15, 0.2) is 0 Å². The van der Waals surface area contributed by atoms with E-state index in [9.17, 15) is 0 Å². The Hall–Kier alpha value is -0.560. The lowest BCUT2D eigenvalue weighted by Crippen LogP contribution is -1.97. The highest BCUT2D eigenvalue weighted by Gasteiger charge is 2.02. The first kappa shape index (κ1) is 13.4. The second-order valence-electron chi connectivity index (χ2n) is 4.02. The molecule has 0 heterocycles. The molecule has 1 unspecified atom stereocenters. The third-order valence-electron chi connectivity index (χ3n) is 2.34. The van der Waals surface area contributed by atoms with E-state index in [1.165, 1.54) is 17.6 Å². The lowest BCUT2D eigenvalue weighted by Gasteiger charge is -2.11. The van der Waals surface area contributed by atoms with E-state index in [-0.39, 0.29) is 0 Å². The normalized spacial score (nSPS) is 13.9. The molecule has 0 saturated carbocycles. The van der Waals surface area contributed by atoms with Crippen LogP contribution in [0.3, 0.4) is 0 Å². The first-order valence-electron chi connectivity index (χ1n) is 5.45. The molecule has 0 fully saturated rings. The van der Waals surface area contributed by atoms with Gasteiger partial charge < -0.3 is 4.74 Å². The van der Waals surface area contributed by atoms with Crippen molar-refractivity contribution in [1.82, 2.24) is 0 Å². The van der Waals surface area contributed by atoms with Gasteiger partial charge in [-0.25, -0.2) is 0 Å². The molecule has 1 nitrogen and oxygen atoms in total. The molecule has 0 aromatic heterocycles. The van der Waals surface area contributed by atoms with E-state index in [2.05, 4.69) is 39.8 Å². The van der Waals surface area contributed by atoms with Gasteiger partial charge in [0.25, 0.3) is 0 Å². The largest absolute Gasteiger partial charge is 0.384 e. The third kappa shape index (κ3) is 5.98. The molecule has 0 radical (unpaired) electrons. The van der Waals surface area contributed by atoms with Crippen LogP contribution in [0.15, 0.2) is 23.3 Å². The van der Waals surface area contributed by atoms with Crippen LogP contribution in [0, 0.1) is 5.92 Å². The molecule has 0 spiro atoms. The van der Waals surface area contributed by atoms with Gasteiger partial charge in [-0.15, -0.1) is 0 Å². The summed E-state index contributed by atoms with van der Waals surface area (Å²) in [7, 11) is 1.75. The molecule has 0 aromatic carbocycles. The molecule has 0 amide bonds. The average Bonchev–Trinajstić information content (AvgIpc) is 2.15. The highest BCUT2D eigenvalue weighted by Crippen LogP contribution is 2.17. The molecule has 0 bridgehead atoms. The summed E-state index contributed by atoms with van der Waals surface area (Å²) in [6, 6.07) is 0. The van der Waals surface area contributed by atoms with E-state index in [0.29, 0.717) is 5.92 Å². The first-order valence-corrected chi connectivity index (χ1v) is 5.45. The number of methoxy groups -OCH3 is 1. The number of hydrogen-bond donors (Lipinski definition) is 0. The lowest BCUT2D eigenvalue weighted by atomic mass is 9.96. The van der Waals surface area contributed by atoms with Crippen molar-refractivity contribution in [2.45, 2.75) is 40.5 Å². The maximum atomic E-state index is 5.05. The van der Waals surface area contributed by atoms with E-state index in [1.807, 2.05) is 0 Å². The minimum absolute atomic E-state index is 0.654. The molecule has 1 atom stereocenters. The van der Waals surface area contributed by atoms with Gasteiger partial charge in [0.2, 0.25) is 0 Å². The van der Waals surface area contributed by atoms with Crippen LogP contribution in [0.4, 0.5) is 0 Å². The van der Waals surface area contributed by atoms with Gasteiger partial charge in [-0.2, -0.15) is 0 Å². The molecular weight excluding hydrogens is 172 g/mol. The van der Waals surface area contributed by atoms with Crippen LogP contribution in [0.25, 0.3) is 0 Å². The molecule has 0 N–H and O–H groups in total. The summed E-state index contributed by atoms with van der Waals surface area (Å²) >= 11 is 0. The minimum Gasteiger partial charge on any atom is -0.384 e. The summed E-state index contributed by atoms with van der Waals surface area (Å²) in [5, 5.41) is 0. The fourth-order valence-corrected chi connectivity index (χ4v) is 1.31. The van der Waals surface area contributed by atoms with Crippen molar-refractivity contribution in [3.8, 4) is 0 Å². The molecular formula is C13H24O. The van der Waals surface area contributed by atoms with E-state index in [0.717, 1.165) is 13.0 Å². The lowest BCUT2D eigenvalue weighted by molar-refractivity contribution is 0.204. The molecule has 0 aromatic rings. The Balaban J connectivity index is 4.38. The topological polar surface area (TPSA) is 9.23 Å². The standard InChI is InChI=1S/C13H24O/c1-6-12(4)13(10-11(2)3)8-7-9-14-5/h8,10,12H,6-7,9H2,1-5H3. The maximum Gasteiger partial charge on any atom is 0.0496 e. The Bertz CT molecular complexity index is 197. The molecule has 0 rings (SSSR count). The summed E-state index contributed by atoms with van der Waals surface area (Å²) < 4.78 is 5.05. The number of ether oxygens (including phenoxy) is 1. The number of rotatable bonds is 6. The Kier molecular flexibility index (Phi) is 7.50. The Labute approximate surface area is 88.9 Å². The SMILES string of the molecule is CCC(C)C(C=C(C)C)=CCCOC. The number of allylic oxidation sites excluding steroid dienone is 3. The summed E-state index contributed by atoms with van der Waals surface area (Å²) in [6.45, 7) is 9.61. The van der Waals surface area contributed by atoms with Crippen molar-refractivity contribution in [2.24, 2.45) is 5.92 Å². The first-order chi connectivity index (χ1) is 6.61. The van der Waals surface area contributed by atoms with Crippen LogP contribution in [-0.2, 0) is 4.74 Å². The van der Waals surface area contributed by atoms with Gasteiger partial charge in [0, 0.05) is 13.7 Å². The highest BCUT2D eigenvalue weighted by molar-refractivity contribution is 5.23. The summed E-state index contributed by atoms with van der Waals surface area (Å²) in [5.41, 5.74) is 2.82. The zero-order valence-electron chi connectivity index (χ0n) is 10.3. The fourth-order valence-electron chi connectivity index (χ4n) is 1.31. The Morgan fingerprint density at radius 3 is 2.43 bits per heavy atom. The zero-order valence-corrected chi connectivity index (χ0v) is 10.3. The smallest absolute Gasteiger partial charge is 0.0496 e. The van der Waals surface area contributed by atoms with Gasteiger partial charge in [-0.1, -0.05) is 31.6 Å². The van der Waals surface area contributed by atoms with E-state index in [1.54, 1.807) is 7.11 Å². The molecule has 82 valence electrons. The van der Waals surface area contributed by atoms with Gasteiger partial charge in [0.05, 0.1) is 0 Å². The van der Waals surface area contributed by atoms with Crippen LogP contribution in [0.1, 0.15) is 40.5 Å². The second-order valence-corrected chi connectivity index (χ2v) is 4.02. The van der Waals surface area contributed by atoms with Crippen molar-refractivity contribution in [1.29, 1.82) is 0 Å². The van der Waals surface area contributed by atoms with Crippen LogP contribution in [0.5, 0.6) is 0 Å². The van der Waals surface area contributed by atoms with Crippen molar-refractivity contribution in [3.63, 3.8) is 0 Å². The van der Waals surface area contributed by atoms with Crippen molar-refractivity contribution < 1.29 is 4.74 Å². The van der Waals surface area contributed by atoms with Crippen LogP contribution in [0.2, 0.25) is 0 Å². The van der Waals surface area contributed by atoms with Gasteiger partial charge in [0.1, 0.15) is 0 Å². The summed E-state index contributed by atoms with van der Waals surface area (Å²) in [4.78, 5) is 0. The van der Waals surface area contributed by atoms with Gasteiger partial charge >= 0.3 is 0 Å². The van der Waals surface area contributed by atoms with E-state index < -0.39 is 0 Å². The van der Waals surface area contributed by atoms with E-state index in [4.69, 9.17) is 4.74 Å². The third-order valence-corrected chi connectivity index (χ3v) is 2.34. The predicted molar refractivity (Wildman–Crippen MR) is 63.5 cm³/mol.